The van der Waals surface area contributed by atoms with Crippen molar-refractivity contribution in [2.24, 2.45) is 0 Å². The maximum absolute atomic E-state index is 11.3. The van der Waals surface area contributed by atoms with E-state index in [1.54, 1.807) is 7.05 Å². The number of nitrogens with two attached hydrogens (primary N) is 1. The monoisotopic (exact) mass is 205 g/mol. The first-order chi connectivity index (χ1) is 7.20. The lowest BCUT2D eigenvalue weighted by Gasteiger charge is -2.18. The highest BCUT2D eigenvalue weighted by atomic mass is 16.1. The molecule has 4 nitrogen and oxygen atoms in total. The third-order valence-electron chi connectivity index (χ3n) is 2.71. The van der Waals surface area contributed by atoms with Gasteiger partial charge < -0.3 is 16.0 Å². The van der Waals surface area contributed by atoms with Gasteiger partial charge in [-0.2, -0.15) is 0 Å². The first kappa shape index (κ1) is 9.83. The Balaban J connectivity index is 2.20. The number of carbonyl (C=O) groups is 1. The normalized spacial score (nSPS) is 13.8. The standard InChI is InChI=1S/C11H15N3O/c1-13-11(15)7-14-5-4-8-2-3-9(12)6-10(8)14/h2-3,6H,4-5,7,12H2,1H3,(H,13,15). The molecular weight excluding hydrogens is 190 g/mol. The Morgan fingerprint density at radius 1 is 1.60 bits per heavy atom. The van der Waals surface area contributed by atoms with Gasteiger partial charge in [-0.3, -0.25) is 4.79 Å². The molecule has 0 spiro atoms. The van der Waals surface area contributed by atoms with Crippen LogP contribution in [0.2, 0.25) is 0 Å². The number of carbonyl (C=O) groups excluding carboxylic acids is 1. The van der Waals surface area contributed by atoms with Crippen LogP contribution in [0.3, 0.4) is 0 Å². The molecule has 0 saturated carbocycles. The van der Waals surface area contributed by atoms with Crippen molar-refractivity contribution in [1.29, 1.82) is 0 Å². The fourth-order valence-corrected chi connectivity index (χ4v) is 1.88. The summed E-state index contributed by atoms with van der Waals surface area (Å²) in [5, 5.41) is 2.63. The second-order valence-electron chi connectivity index (χ2n) is 3.73. The van der Waals surface area contributed by atoms with Crippen LogP contribution in [-0.2, 0) is 11.2 Å². The van der Waals surface area contributed by atoms with Gasteiger partial charge in [-0.05, 0) is 24.1 Å². The second-order valence-corrected chi connectivity index (χ2v) is 3.73. The summed E-state index contributed by atoms with van der Waals surface area (Å²) in [4.78, 5) is 13.3. The van der Waals surface area contributed by atoms with Crippen LogP contribution >= 0.6 is 0 Å². The molecule has 15 heavy (non-hydrogen) atoms. The molecule has 0 aromatic heterocycles. The highest BCUT2D eigenvalue weighted by molar-refractivity contribution is 5.82. The highest BCUT2D eigenvalue weighted by Gasteiger charge is 2.20. The molecule has 1 aliphatic rings. The number of rotatable bonds is 2. The summed E-state index contributed by atoms with van der Waals surface area (Å²) in [6.45, 7) is 1.30. The number of likely N-dealkylation sites (N-methyl/N-ethyl adjacent to an activating group) is 1. The molecule has 4 heteroatoms. The predicted octanol–water partition coefficient (Wildman–Crippen LogP) is 0.377. The van der Waals surface area contributed by atoms with Crippen LogP contribution in [0.15, 0.2) is 18.2 Å². The zero-order valence-electron chi connectivity index (χ0n) is 8.79. The van der Waals surface area contributed by atoms with Crippen molar-refractivity contribution in [2.75, 3.05) is 30.8 Å². The third kappa shape index (κ3) is 1.88. The van der Waals surface area contributed by atoms with Gasteiger partial charge in [0.1, 0.15) is 0 Å². The van der Waals surface area contributed by atoms with Crippen LogP contribution in [0.25, 0.3) is 0 Å². The molecule has 0 unspecified atom stereocenters. The van der Waals surface area contributed by atoms with Crippen LogP contribution in [-0.4, -0.2) is 26.0 Å². The molecule has 80 valence electrons. The van der Waals surface area contributed by atoms with E-state index in [4.69, 9.17) is 5.73 Å². The highest BCUT2D eigenvalue weighted by Crippen LogP contribution is 2.29. The Kier molecular flexibility index (Phi) is 2.49. The first-order valence-corrected chi connectivity index (χ1v) is 5.04. The maximum atomic E-state index is 11.3. The molecule has 1 aliphatic heterocycles. The molecule has 3 N–H and O–H groups in total. The Hall–Kier alpha value is -1.71. The van der Waals surface area contributed by atoms with E-state index in [0.717, 1.165) is 24.3 Å². The molecule has 1 amide bonds. The van der Waals surface area contributed by atoms with Gasteiger partial charge in [0.25, 0.3) is 0 Å². The molecular formula is C11H15N3O. The summed E-state index contributed by atoms with van der Waals surface area (Å²) in [5.74, 6) is 0.0327. The lowest BCUT2D eigenvalue weighted by Crippen LogP contribution is -2.34. The minimum Gasteiger partial charge on any atom is -0.399 e. The number of benzene rings is 1. The van der Waals surface area contributed by atoms with E-state index in [1.165, 1.54) is 5.56 Å². The van der Waals surface area contributed by atoms with Crippen molar-refractivity contribution >= 4 is 17.3 Å². The SMILES string of the molecule is CNC(=O)CN1CCc2ccc(N)cc21. The molecule has 2 rings (SSSR count). The summed E-state index contributed by atoms with van der Waals surface area (Å²) in [7, 11) is 1.65. The molecule has 1 heterocycles. The maximum Gasteiger partial charge on any atom is 0.239 e. The number of hydrogen-bond acceptors (Lipinski definition) is 3. The van der Waals surface area contributed by atoms with Crippen LogP contribution in [0.4, 0.5) is 11.4 Å². The van der Waals surface area contributed by atoms with E-state index in [2.05, 4.69) is 10.2 Å². The minimum atomic E-state index is 0.0327. The van der Waals surface area contributed by atoms with Gasteiger partial charge in [-0.25, -0.2) is 0 Å². The van der Waals surface area contributed by atoms with Gasteiger partial charge in [0.15, 0.2) is 0 Å². The van der Waals surface area contributed by atoms with Crippen molar-refractivity contribution < 1.29 is 4.79 Å². The van der Waals surface area contributed by atoms with E-state index in [1.807, 2.05) is 18.2 Å². The van der Waals surface area contributed by atoms with Gasteiger partial charge in [-0.15, -0.1) is 0 Å². The van der Waals surface area contributed by atoms with Crippen LogP contribution < -0.4 is 16.0 Å². The molecule has 0 atom stereocenters. The zero-order valence-corrected chi connectivity index (χ0v) is 8.79. The molecule has 0 aliphatic carbocycles. The third-order valence-corrected chi connectivity index (χ3v) is 2.71. The summed E-state index contributed by atoms with van der Waals surface area (Å²) in [6.07, 6.45) is 0.993. The Bertz CT molecular complexity index is 389. The molecule has 0 fully saturated rings. The molecule has 1 aromatic carbocycles. The number of nitrogens with one attached hydrogen (secondary N) is 1. The van der Waals surface area contributed by atoms with Crippen molar-refractivity contribution in [3.05, 3.63) is 23.8 Å². The quantitative estimate of drug-likeness (QED) is 0.686. The summed E-state index contributed by atoms with van der Waals surface area (Å²) >= 11 is 0. The van der Waals surface area contributed by atoms with Gasteiger partial charge >= 0.3 is 0 Å². The number of nitrogens with zero attached hydrogens (tertiary/aromatic N) is 1. The second kappa shape index (κ2) is 3.81. The van der Waals surface area contributed by atoms with Gasteiger partial charge in [-0.1, -0.05) is 6.07 Å². The Morgan fingerprint density at radius 3 is 3.13 bits per heavy atom. The van der Waals surface area contributed by atoms with E-state index in [-0.39, 0.29) is 5.91 Å². The fraction of sp³-hybridized carbons (Fsp3) is 0.364. The lowest BCUT2D eigenvalue weighted by atomic mass is 10.1. The van der Waals surface area contributed by atoms with E-state index < -0.39 is 0 Å². The number of anilines is 2. The molecule has 0 saturated heterocycles. The summed E-state index contributed by atoms with van der Waals surface area (Å²) in [6, 6.07) is 5.88. The van der Waals surface area contributed by atoms with Crippen LogP contribution in [0.5, 0.6) is 0 Å². The number of fused-ring (bicyclic) bond motifs is 1. The lowest BCUT2D eigenvalue weighted by molar-refractivity contribution is -0.119. The topological polar surface area (TPSA) is 58.4 Å². The first-order valence-electron chi connectivity index (χ1n) is 5.04. The van der Waals surface area contributed by atoms with E-state index in [9.17, 15) is 4.79 Å². The Labute approximate surface area is 89.1 Å². The van der Waals surface area contributed by atoms with E-state index >= 15 is 0 Å². The molecule has 0 bridgehead atoms. The smallest absolute Gasteiger partial charge is 0.239 e. The van der Waals surface area contributed by atoms with Crippen molar-refractivity contribution in [2.45, 2.75) is 6.42 Å². The van der Waals surface area contributed by atoms with Gasteiger partial charge in [0, 0.05) is 25.0 Å². The number of nitrogen functional groups attached to an aromatic ring is 1. The molecule has 1 aromatic rings. The van der Waals surface area contributed by atoms with Crippen LogP contribution in [0.1, 0.15) is 5.56 Å². The summed E-state index contributed by atoms with van der Waals surface area (Å²) in [5.41, 5.74) is 8.84. The van der Waals surface area contributed by atoms with Gasteiger partial charge in [0.05, 0.1) is 6.54 Å². The van der Waals surface area contributed by atoms with Crippen molar-refractivity contribution in [3.63, 3.8) is 0 Å². The predicted molar refractivity (Wildman–Crippen MR) is 60.8 cm³/mol. The number of hydrogen-bond donors (Lipinski definition) is 2. The fourth-order valence-electron chi connectivity index (χ4n) is 1.88. The number of amides is 1. The summed E-state index contributed by atoms with van der Waals surface area (Å²) < 4.78 is 0. The Morgan fingerprint density at radius 2 is 2.40 bits per heavy atom. The largest absolute Gasteiger partial charge is 0.399 e. The minimum absolute atomic E-state index is 0.0327. The zero-order chi connectivity index (χ0) is 10.8. The van der Waals surface area contributed by atoms with Crippen LogP contribution in [0, 0.1) is 0 Å². The molecule has 0 radical (unpaired) electrons. The average Bonchev–Trinajstić information content (AvgIpc) is 2.61. The van der Waals surface area contributed by atoms with Gasteiger partial charge in [0.2, 0.25) is 5.91 Å². The average molecular weight is 205 g/mol. The van der Waals surface area contributed by atoms with E-state index in [0.29, 0.717) is 6.54 Å². The van der Waals surface area contributed by atoms with Crippen molar-refractivity contribution in [3.8, 4) is 0 Å². The van der Waals surface area contributed by atoms with Crippen molar-refractivity contribution in [1.82, 2.24) is 5.32 Å².